The fourth-order valence-electron chi connectivity index (χ4n) is 1.88. The highest BCUT2D eigenvalue weighted by molar-refractivity contribution is 5.81. The molecular formula is C11H23N3O. The van der Waals surface area contributed by atoms with Gasteiger partial charge >= 0.3 is 0 Å². The number of rotatable bonds is 4. The van der Waals surface area contributed by atoms with E-state index in [9.17, 15) is 4.79 Å². The Morgan fingerprint density at radius 3 is 3.00 bits per heavy atom. The topological polar surface area (TPSA) is 44.4 Å². The standard InChI is InChI=1S/C11H23N3O/c1-4-5-13-11(15)10(3)14-7-6-12-9(2)8-14/h9-10,12H,4-8H2,1-3H3,(H,13,15). The van der Waals surface area contributed by atoms with Gasteiger partial charge in [-0.3, -0.25) is 9.69 Å². The molecular weight excluding hydrogens is 190 g/mol. The van der Waals surface area contributed by atoms with Crippen LogP contribution < -0.4 is 10.6 Å². The SMILES string of the molecule is CCCNC(=O)C(C)N1CCNC(C)C1. The Labute approximate surface area is 92.4 Å². The van der Waals surface area contributed by atoms with Gasteiger partial charge in [-0.05, 0) is 20.3 Å². The lowest BCUT2D eigenvalue weighted by Gasteiger charge is -2.35. The smallest absolute Gasteiger partial charge is 0.237 e. The highest BCUT2D eigenvalue weighted by atomic mass is 16.2. The molecule has 0 aromatic heterocycles. The molecule has 1 amide bonds. The molecule has 2 unspecified atom stereocenters. The van der Waals surface area contributed by atoms with E-state index in [2.05, 4.69) is 29.4 Å². The summed E-state index contributed by atoms with van der Waals surface area (Å²) >= 11 is 0. The summed E-state index contributed by atoms with van der Waals surface area (Å²) in [7, 11) is 0. The van der Waals surface area contributed by atoms with Gasteiger partial charge in [-0.15, -0.1) is 0 Å². The van der Waals surface area contributed by atoms with Crippen molar-refractivity contribution in [1.29, 1.82) is 0 Å². The summed E-state index contributed by atoms with van der Waals surface area (Å²) in [5, 5.41) is 6.32. The normalized spacial score (nSPS) is 24.9. The van der Waals surface area contributed by atoms with Crippen LogP contribution in [0.25, 0.3) is 0 Å². The van der Waals surface area contributed by atoms with E-state index in [1.165, 1.54) is 0 Å². The number of nitrogens with one attached hydrogen (secondary N) is 2. The zero-order valence-corrected chi connectivity index (χ0v) is 10.0. The van der Waals surface area contributed by atoms with E-state index in [1.54, 1.807) is 0 Å². The van der Waals surface area contributed by atoms with E-state index in [0.717, 1.165) is 32.6 Å². The average Bonchev–Trinajstić information content (AvgIpc) is 2.24. The number of piperazine rings is 1. The quantitative estimate of drug-likeness (QED) is 0.701. The summed E-state index contributed by atoms with van der Waals surface area (Å²) in [6.07, 6.45) is 0.996. The minimum atomic E-state index is 0.00102. The summed E-state index contributed by atoms with van der Waals surface area (Å²) in [6, 6.07) is 0.487. The summed E-state index contributed by atoms with van der Waals surface area (Å²) in [5.41, 5.74) is 0. The van der Waals surface area contributed by atoms with Crippen LogP contribution in [0.4, 0.5) is 0 Å². The largest absolute Gasteiger partial charge is 0.355 e. The van der Waals surface area contributed by atoms with E-state index in [-0.39, 0.29) is 11.9 Å². The average molecular weight is 213 g/mol. The predicted octanol–water partition coefficient (Wildman–Crippen LogP) is 0.195. The third-order valence-corrected chi connectivity index (χ3v) is 2.88. The van der Waals surface area contributed by atoms with Crippen LogP contribution in [0.1, 0.15) is 27.2 Å². The fraction of sp³-hybridized carbons (Fsp3) is 0.909. The minimum Gasteiger partial charge on any atom is -0.355 e. The van der Waals surface area contributed by atoms with Gasteiger partial charge in [-0.1, -0.05) is 6.92 Å². The van der Waals surface area contributed by atoms with Crippen molar-refractivity contribution in [3.05, 3.63) is 0 Å². The number of nitrogens with zero attached hydrogens (tertiary/aromatic N) is 1. The Kier molecular flexibility index (Phi) is 5.05. The van der Waals surface area contributed by atoms with Crippen molar-refractivity contribution in [1.82, 2.24) is 15.5 Å². The van der Waals surface area contributed by atoms with Gasteiger partial charge in [-0.25, -0.2) is 0 Å². The number of carbonyl (C=O) groups is 1. The molecule has 0 spiro atoms. The van der Waals surface area contributed by atoms with Crippen LogP contribution >= 0.6 is 0 Å². The molecule has 2 N–H and O–H groups in total. The third-order valence-electron chi connectivity index (χ3n) is 2.88. The van der Waals surface area contributed by atoms with Crippen LogP contribution in [0.3, 0.4) is 0 Å². The lowest BCUT2D eigenvalue weighted by molar-refractivity contribution is -0.126. The van der Waals surface area contributed by atoms with Gasteiger partial charge in [0, 0.05) is 32.2 Å². The van der Waals surface area contributed by atoms with E-state index >= 15 is 0 Å². The first-order valence-corrected chi connectivity index (χ1v) is 5.90. The molecule has 1 aliphatic rings. The molecule has 88 valence electrons. The van der Waals surface area contributed by atoms with Crippen LogP contribution in [0.5, 0.6) is 0 Å². The van der Waals surface area contributed by atoms with Gasteiger partial charge in [0.25, 0.3) is 0 Å². The van der Waals surface area contributed by atoms with Gasteiger partial charge in [0.15, 0.2) is 0 Å². The molecule has 0 aromatic carbocycles. The van der Waals surface area contributed by atoms with Crippen molar-refractivity contribution in [2.75, 3.05) is 26.2 Å². The summed E-state index contributed by atoms with van der Waals surface area (Å²) < 4.78 is 0. The highest BCUT2D eigenvalue weighted by Gasteiger charge is 2.24. The second-order valence-corrected chi connectivity index (χ2v) is 4.32. The van der Waals surface area contributed by atoms with Crippen molar-refractivity contribution >= 4 is 5.91 Å². The number of amides is 1. The Morgan fingerprint density at radius 1 is 1.67 bits per heavy atom. The van der Waals surface area contributed by atoms with E-state index < -0.39 is 0 Å². The predicted molar refractivity (Wildman–Crippen MR) is 61.8 cm³/mol. The molecule has 1 fully saturated rings. The van der Waals surface area contributed by atoms with Crippen LogP contribution in [0, 0.1) is 0 Å². The van der Waals surface area contributed by atoms with E-state index in [4.69, 9.17) is 0 Å². The summed E-state index contributed by atoms with van der Waals surface area (Å²) in [6.45, 7) is 9.90. The first-order chi connectivity index (χ1) is 7.15. The van der Waals surface area contributed by atoms with Crippen molar-refractivity contribution in [2.24, 2.45) is 0 Å². The van der Waals surface area contributed by atoms with Crippen molar-refractivity contribution in [2.45, 2.75) is 39.3 Å². The Hall–Kier alpha value is -0.610. The molecule has 15 heavy (non-hydrogen) atoms. The van der Waals surface area contributed by atoms with Crippen LogP contribution in [0.2, 0.25) is 0 Å². The van der Waals surface area contributed by atoms with Gasteiger partial charge in [-0.2, -0.15) is 0 Å². The molecule has 0 saturated carbocycles. The molecule has 0 aromatic rings. The molecule has 4 heteroatoms. The zero-order chi connectivity index (χ0) is 11.3. The molecule has 1 saturated heterocycles. The number of carbonyl (C=O) groups excluding carboxylic acids is 1. The molecule has 4 nitrogen and oxygen atoms in total. The van der Waals surface area contributed by atoms with Crippen LogP contribution in [-0.2, 0) is 4.79 Å². The fourth-order valence-corrected chi connectivity index (χ4v) is 1.88. The minimum absolute atomic E-state index is 0.00102. The molecule has 0 bridgehead atoms. The number of hydrogen-bond acceptors (Lipinski definition) is 3. The van der Waals surface area contributed by atoms with Crippen LogP contribution in [-0.4, -0.2) is 49.1 Å². The number of hydrogen-bond donors (Lipinski definition) is 2. The van der Waals surface area contributed by atoms with Crippen molar-refractivity contribution < 1.29 is 4.79 Å². The maximum absolute atomic E-state index is 11.7. The Morgan fingerprint density at radius 2 is 2.40 bits per heavy atom. The van der Waals surface area contributed by atoms with Crippen molar-refractivity contribution in [3.63, 3.8) is 0 Å². The highest BCUT2D eigenvalue weighted by Crippen LogP contribution is 2.04. The molecule has 1 rings (SSSR count). The molecule has 0 aliphatic carbocycles. The Balaban J connectivity index is 2.37. The molecule has 1 aliphatic heterocycles. The van der Waals surface area contributed by atoms with Gasteiger partial charge < -0.3 is 10.6 Å². The first kappa shape index (κ1) is 12.5. The monoisotopic (exact) mass is 213 g/mol. The van der Waals surface area contributed by atoms with Crippen molar-refractivity contribution in [3.8, 4) is 0 Å². The van der Waals surface area contributed by atoms with Gasteiger partial charge in [0.05, 0.1) is 6.04 Å². The second-order valence-electron chi connectivity index (χ2n) is 4.32. The maximum atomic E-state index is 11.7. The van der Waals surface area contributed by atoms with Gasteiger partial charge in [0.2, 0.25) is 5.91 Å². The second kappa shape index (κ2) is 6.08. The lowest BCUT2D eigenvalue weighted by Crippen LogP contribution is -2.55. The molecule has 2 atom stereocenters. The van der Waals surface area contributed by atoms with E-state index in [1.807, 2.05) is 6.92 Å². The lowest BCUT2D eigenvalue weighted by atomic mass is 10.1. The van der Waals surface area contributed by atoms with Crippen LogP contribution in [0.15, 0.2) is 0 Å². The first-order valence-electron chi connectivity index (χ1n) is 5.90. The zero-order valence-electron chi connectivity index (χ0n) is 10.0. The van der Waals surface area contributed by atoms with Gasteiger partial charge in [0.1, 0.15) is 0 Å². The summed E-state index contributed by atoms with van der Waals surface area (Å²) in [5.74, 6) is 0.158. The third kappa shape index (κ3) is 3.80. The Bertz CT molecular complexity index is 208. The summed E-state index contributed by atoms with van der Waals surface area (Å²) in [4.78, 5) is 14.0. The molecule has 1 heterocycles. The molecule has 0 radical (unpaired) electrons. The maximum Gasteiger partial charge on any atom is 0.237 e. The van der Waals surface area contributed by atoms with E-state index in [0.29, 0.717) is 6.04 Å².